The van der Waals surface area contributed by atoms with E-state index >= 15 is 0 Å². The maximum Gasteiger partial charge on any atom is 0.407 e. The summed E-state index contributed by atoms with van der Waals surface area (Å²) in [5.41, 5.74) is 1.63. The topological polar surface area (TPSA) is 65.4 Å². The maximum absolute atomic E-state index is 12.1. The number of amides is 1. The summed E-state index contributed by atoms with van der Waals surface area (Å²) in [4.78, 5) is 16.2. The van der Waals surface area contributed by atoms with E-state index in [1.807, 2.05) is 86.1 Å². The van der Waals surface area contributed by atoms with Crippen molar-refractivity contribution in [3.63, 3.8) is 0 Å². The molecule has 0 aliphatic carbocycles. The van der Waals surface area contributed by atoms with Gasteiger partial charge < -0.3 is 14.8 Å². The molecule has 0 fully saturated rings. The highest BCUT2D eigenvalue weighted by molar-refractivity contribution is 5.70. The number of hydrogen-bond acceptors (Lipinski definition) is 4. The van der Waals surface area contributed by atoms with Crippen LogP contribution in [0.4, 0.5) is 4.79 Å². The number of ether oxygens (including phenoxy) is 2. The van der Waals surface area contributed by atoms with Crippen molar-refractivity contribution in [1.82, 2.24) is 14.9 Å². The second-order valence-electron chi connectivity index (χ2n) is 7.82. The van der Waals surface area contributed by atoms with Gasteiger partial charge in [0.1, 0.15) is 5.75 Å². The average Bonchev–Trinajstić information content (AvgIpc) is 3.25. The third-order valence-corrected chi connectivity index (χ3v) is 4.59. The molecule has 0 radical (unpaired) electrons. The second kappa shape index (κ2) is 8.82. The number of nitrogens with one attached hydrogen (secondary N) is 1. The van der Waals surface area contributed by atoms with Gasteiger partial charge in [-0.25, -0.2) is 9.78 Å². The zero-order valence-electron chi connectivity index (χ0n) is 17.2. The Labute approximate surface area is 171 Å². The summed E-state index contributed by atoms with van der Waals surface area (Å²) < 4.78 is 14.1. The van der Waals surface area contributed by atoms with Crippen molar-refractivity contribution in [2.75, 3.05) is 7.05 Å². The lowest BCUT2D eigenvalue weighted by Crippen LogP contribution is -2.43. The van der Waals surface area contributed by atoms with Gasteiger partial charge in [-0.15, -0.1) is 0 Å². The molecule has 0 aliphatic heterocycles. The number of carbonyl (C=O) groups excluding carboxylic acids is 1. The van der Waals surface area contributed by atoms with Gasteiger partial charge in [-0.05, 0) is 11.6 Å². The highest BCUT2D eigenvalue weighted by Gasteiger charge is 2.38. The Hall–Kier alpha value is -3.28. The Bertz CT molecular complexity index is 918. The number of aromatic nitrogens is 2. The number of hydrogen-bond donors (Lipinski definition) is 1. The van der Waals surface area contributed by atoms with Crippen LogP contribution in [0.15, 0.2) is 73.3 Å². The first kappa shape index (κ1) is 20.5. The summed E-state index contributed by atoms with van der Waals surface area (Å²) in [6.45, 7) is 6.03. The molecule has 1 N–H and O–H groups in total. The number of imidazole rings is 1. The Balaban J connectivity index is 2.03. The van der Waals surface area contributed by atoms with Crippen LogP contribution in [0.2, 0.25) is 0 Å². The summed E-state index contributed by atoms with van der Waals surface area (Å²) in [6.07, 6.45) is 3.48. The van der Waals surface area contributed by atoms with Crippen molar-refractivity contribution >= 4 is 6.09 Å². The molecule has 1 aromatic heterocycles. The van der Waals surface area contributed by atoms with Crippen LogP contribution in [-0.4, -0.2) is 28.8 Å². The van der Waals surface area contributed by atoms with E-state index in [0.717, 1.165) is 11.1 Å². The molecule has 0 saturated heterocycles. The molecular formula is C23H27N3O3. The van der Waals surface area contributed by atoms with Crippen molar-refractivity contribution in [1.29, 1.82) is 0 Å². The molecule has 1 heterocycles. The van der Waals surface area contributed by atoms with E-state index in [2.05, 4.69) is 10.3 Å². The molecule has 0 bridgehead atoms. The van der Waals surface area contributed by atoms with Gasteiger partial charge in [0.05, 0.1) is 6.33 Å². The van der Waals surface area contributed by atoms with Crippen LogP contribution < -0.4 is 10.1 Å². The molecule has 2 unspecified atom stereocenters. The molecule has 0 spiro atoms. The fraction of sp³-hybridized carbons (Fsp3) is 0.304. The summed E-state index contributed by atoms with van der Waals surface area (Å²) in [7, 11) is 1.54. The fourth-order valence-corrected chi connectivity index (χ4v) is 3.09. The molecule has 2 atom stereocenters. The Morgan fingerprint density at radius 2 is 1.76 bits per heavy atom. The van der Waals surface area contributed by atoms with Crippen LogP contribution in [0, 0.1) is 5.41 Å². The van der Waals surface area contributed by atoms with E-state index in [9.17, 15) is 4.79 Å². The largest absolute Gasteiger partial charge is 0.465 e. The normalized spacial score (nSPS) is 13.4. The molecule has 152 valence electrons. The van der Waals surface area contributed by atoms with Crippen LogP contribution in [0.3, 0.4) is 0 Å². The molecule has 3 aromatic rings. The van der Waals surface area contributed by atoms with Crippen LogP contribution >= 0.6 is 0 Å². The van der Waals surface area contributed by atoms with Gasteiger partial charge in [-0.3, -0.25) is 4.57 Å². The second-order valence-corrected chi connectivity index (χ2v) is 7.82. The lowest BCUT2D eigenvalue weighted by molar-refractivity contribution is -0.0737. The van der Waals surface area contributed by atoms with E-state index in [-0.39, 0.29) is 5.41 Å². The average molecular weight is 393 g/mol. The van der Waals surface area contributed by atoms with Crippen molar-refractivity contribution < 1.29 is 14.3 Å². The Morgan fingerprint density at radius 1 is 1.07 bits per heavy atom. The smallest absolute Gasteiger partial charge is 0.407 e. The quantitative estimate of drug-likeness (QED) is 0.647. The number of benzene rings is 2. The van der Waals surface area contributed by atoms with Crippen LogP contribution in [-0.2, 0) is 4.74 Å². The first-order chi connectivity index (χ1) is 13.9. The molecule has 2 aromatic carbocycles. The van der Waals surface area contributed by atoms with Gasteiger partial charge in [0.15, 0.2) is 6.10 Å². The highest BCUT2D eigenvalue weighted by atomic mass is 16.6. The SMILES string of the molecule is CNC(=O)OC(C(Oc1ccccc1-c1ccccc1)n1ccnc1)C(C)(C)C. The van der Waals surface area contributed by atoms with Crippen molar-refractivity contribution in [3.05, 3.63) is 73.3 Å². The predicted octanol–water partition coefficient (Wildman–Crippen LogP) is 4.90. The monoisotopic (exact) mass is 393 g/mol. The van der Waals surface area contributed by atoms with Gasteiger partial charge in [-0.1, -0.05) is 69.3 Å². The number of nitrogens with zero attached hydrogens (tertiary/aromatic N) is 2. The summed E-state index contributed by atoms with van der Waals surface area (Å²) in [5.74, 6) is 0.701. The van der Waals surface area contributed by atoms with Crippen LogP contribution in [0.5, 0.6) is 5.75 Å². The van der Waals surface area contributed by atoms with Gasteiger partial charge in [0.25, 0.3) is 0 Å². The molecule has 0 saturated carbocycles. The minimum atomic E-state index is -0.598. The maximum atomic E-state index is 12.1. The lowest BCUT2D eigenvalue weighted by atomic mass is 9.87. The van der Waals surface area contributed by atoms with Gasteiger partial charge in [-0.2, -0.15) is 0 Å². The minimum absolute atomic E-state index is 0.386. The molecular weight excluding hydrogens is 366 g/mol. The third kappa shape index (κ3) is 4.96. The van der Waals surface area contributed by atoms with E-state index in [1.165, 1.54) is 0 Å². The number of para-hydroxylation sites is 1. The molecule has 6 nitrogen and oxygen atoms in total. The van der Waals surface area contributed by atoms with E-state index < -0.39 is 18.4 Å². The molecule has 0 aliphatic rings. The Kier molecular flexibility index (Phi) is 6.22. The van der Waals surface area contributed by atoms with Gasteiger partial charge in [0.2, 0.25) is 6.23 Å². The van der Waals surface area contributed by atoms with E-state index in [1.54, 1.807) is 19.6 Å². The fourth-order valence-electron chi connectivity index (χ4n) is 3.09. The lowest BCUT2D eigenvalue weighted by Gasteiger charge is -2.36. The highest BCUT2D eigenvalue weighted by Crippen LogP contribution is 2.37. The number of rotatable bonds is 6. The minimum Gasteiger partial charge on any atom is -0.465 e. The van der Waals surface area contributed by atoms with Crippen LogP contribution in [0.1, 0.15) is 27.0 Å². The molecule has 29 heavy (non-hydrogen) atoms. The summed E-state index contributed by atoms with van der Waals surface area (Å²) in [5, 5.41) is 2.53. The Morgan fingerprint density at radius 3 is 2.38 bits per heavy atom. The molecule has 6 heteroatoms. The van der Waals surface area contributed by atoms with Crippen molar-refractivity contribution in [3.8, 4) is 16.9 Å². The molecule has 3 rings (SSSR count). The standard InChI is InChI=1S/C23H27N3O3/c1-23(2,3)20(29-22(27)24-4)21(26-15-14-25-16-26)28-19-13-9-8-12-18(19)17-10-6-5-7-11-17/h5-16,20-21H,1-4H3,(H,24,27). The summed E-state index contributed by atoms with van der Waals surface area (Å²) in [6, 6.07) is 17.9. The summed E-state index contributed by atoms with van der Waals surface area (Å²) >= 11 is 0. The number of carbonyl (C=O) groups is 1. The first-order valence-electron chi connectivity index (χ1n) is 9.57. The van der Waals surface area contributed by atoms with E-state index in [0.29, 0.717) is 5.75 Å². The first-order valence-corrected chi connectivity index (χ1v) is 9.57. The van der Waals surface area contributed by atoms with Crippen LogP contribution in [0.25, 0.3) is 11.1 Å². The van der Waals surface area contributed by atoms with E-state index in [4.69, 9.17) is 9.47 Å². The zero-order chi connectivity index (χ0) is 20.9. The van der Waals surface area contributed by atoms with Crippen molar-refractivity contribution in [2.24, 2.45) is 5.41 Å². The third-order valence-electron chi connectivity index (χ3n) is 4.59. The van der Waals surface area contributed by atoms with Gasteiger partial charge >= 0.3 is 6.09 Å². The number of alkyl carbamates (subject to hydrolysis) is 1. The zero-order valence-corrected chi connectivity index (χ0v) is 17.2. The molecule has 1 amide bonds. The predicted molar refractivity (Wildman–Crippen MR) is 113 cm³/mol. The van der Waals surface area contributed by atoms with Gasteiger partial charge in [0, 0.05) is 30.4 Å². The van der Waals surface area contributed by atoms with Crippen molar-refractivity contribution in [2.45, 2.75) is 33.1 Å².